The first-order valence-corrected chi connectivity index (χ1v) is 7.83. The number of benzene rings is 2. The van der Waals surface area contributed by atoms with Gasteiger partial charge in [-0.3, -0.25) is 4.79 Å². The zero-order valence-corrected chi connectivity index (χ0v) is 13.4. The highest BCUT2D eigenvalue weighted by atomic mass is 16.5. The fourth-order valence-electron chi connectivity index (χ4n) is 2.59. The van der Waals surface area contributed by atoms with Gasteiger partial charge in [-0.25, -0.2) is 4.98 Å². The number of aromatic amines is 1. The van der Waals surface area contributed by atoms with Crippen molar-refractivity contribution in [1.82, 2.24) is 25.4 Å². The third kappa shape index (κ3) is 2.99. The smallest absolute Gasteiger partial charge is 0.251 e. The zero-order chi connectivity index (χ0) is 17.2. The Morgan fingerprint density at radius 1 is 1.16 bits per heavy atom. The van der Waals surface area contributed by atoms with Crippen molar-refractivity contribution in [1.29, 1.82) is 0 Å². The summed E-state index contributed by atoms with van der Waals surface area (Å²) >= 11 is 0. The lowest BCUT2D eigenvalue weighted by atomic mass is 10.1. The van der Waals surface area contributed by atoms with E-state index in [1.54, 1.807) is 24.3 Å². The zero-order valence-electron chi connectivity index (χ0n) is 13.4. The van der Waals surface area contributed by atoms with Crippen LogP contribution in [0.15, 0.2) is 59.4 Å². The van der Waals surface area contributed by atoms with Crippen LogP contribution >= 0.6 is 0 Å². The average Bonchev–Trinajstić information content (AvgIpc) is 3.31. The molecule has 1 amide bonds. The highest BCUT2D eigenvalue weighted by Crippen LogP contribution is 2.18. The predicted octanol–water partition coefficient (Wildman–Crippen LogP) is 3.10. The molecule has 0 saturated heterocycles. The van der Waals surface area contributed by atoms with Crippen LogP contribution in [0.2, 0.25) is 0 Å². The van der Waals surface area contributed by atoms with Crippen molar-refractivity contribution in [2.75, 3.05) is 0 Å². The molecular formula is C18H15N5O2. The molecule has 2 aromatic heterocycles. The van der Waals surface area contributed by atoms with Crippen LogP contribution in [0.25, 0.3) is 22.4 Å². The van der Waals surface area contributed by atoms with Crippen LogP contribution in [0.3, 0.4) is 0 Å². The number of H-pyrrole nitrogens is 1. The van der Waals surface area contributed by atoms with Gasteiger partial charge in [0.2, 0.25) is 12.2 Å². The monoisotopic (exact) mass is 333 g/mol. The van der Waals surface area contributed by atoms with E-state index in [0.29, 0.717) is 11.4 Å². The summed E-state index contributed by atoms with van der Waals surface area (Å²) < 4.78 is 4.72. The molecule has 2 heterocycles. The minimum Gasteiger partial charge on any atom is -0.342 e. The Labute approximate surface area is 143 Å². The minimum absolute atomic E-state index is 0.174. The second kappa shape index (κ2) is 6.20. The van der Waals surface area contributed by atoms with Crippen LogP contribution < -0.4 is 5.32 Å². The largest absolute Gasteiger partial charge is 0.342 e. The number of para-hydroxylation sites is 2. The molecule has 0 radical (unpaired) electrons. The van der Waals surface area contributed by atoms with Crippen molar-refractivity contribution in [3.05, 3.63) is 66.3 Å². The Bertz CT molecular complexity index is 973. The van der Waals surface area contributed by atoms with E-state index in [0.717, 1.165) is 22.4 Å². The van der Waals surface area contributed by atoms with Gasteiger partial charge in [0.05, 0.1) is 17.1 Å². The molecule has 0 bridgehead atoms. The van der Waals surface area contributed by atoms with E-state index in [9.17, 15) is 4.79 Å². The summed E-state index contributed by atoms with van der Waals surface area (Å²) in [5.74, 6) is 1.04. The molecule has 1 atom stereocenters. The first-order chi connectivity index (χ1) is 12.2. The van der Waals surface area contributed by atoms with E-state index in [-0.39, 0.29) is 11.9 Å². The molecule has 0 fully saturated rings. The molecule has 0 spiro atoms. The third-order valence-electron chi connectivity index (χ3n) is 3.93. The molecule has 4 rings (SSSR count). The summed E-state index contributed by atoms with van der Waals surface area (Å²) in [4.78, 5) is 24.2. The number of hydrogen-bond acceptors (Lipinski definition) is 5. The van der Waals surface area contributed by atoms with Gasteiger partial charge in [0.1, 0.15) is 5.82 Å². The molecule has 0 saturated carbocycles. The molecule has 7 nitrogen and oxygen atoms in total. The Hall–Kier alpha value is -3.48. The van der Waals surface area contributed by atoms with Crippen molar-refractivity contribution in [2.45, 2.75) is 13.0 Å². The fraction of sp³-hybridized carbons (Fsp3) is 0.111. The first kappa shape index (κ1) is 15.1. The van der Waals surface area contributed by atoms with E-state index in [4.69, 9.17) is 4.52 Å². The van der Waals surface area contributed by atoms with E-state index in [2.05, 4.69) is 25.4 Å². The van der Waals surface area contributed by atoms with Gasteiger partial charge in [-0.15, -0.1) is 0 Å². The van der Waals surface area contributed by atoms with Crippen molar-refractivity contribution in [3.8, 4) is 11.4 Å². The standard InChI is InChI=1S/C18H15N5O2/c1-11(16-21-14-4-2-3-5-15(14)22-16)20-18(24)13-8-6-12(7-9-13)17-19-10-25-23-17/h2-11H,1H3,(H,20,24)(H,21,22)/t11-/m0/s1. The summed E-state index contributed by atoms with van der Waals surface area (Å²) in [7, 11) is 0. The topological polar surface area (TPSA) is 96.7 Å². The number of nitrogens with one attached hydrogen (secondary N) is 2. The summed E-state index contributed by atoms with van der Waals surface area (Å²) in [6.45, 7) is 1.89. The molecule has 2 aromatic carbocycles. The van der Waals surface area contributed by atoms with Crippen LogP contribution in [0, 0.1) is 0 Å². The van der Waals surface area contributed by atoms with E-state index in [1.807, 2.05) is 31.2 Å². The lowest BCUT2D eigenvalue weighted by Gasteiger charge is -2.11. The van der Waals surface area contributed by atoms with Crippen LogP contribution in [0.4, 0.5) is 0 Å². The molecule has 2 N–H and O–H groups in total. The quantitative estimate of drug-likeness (QED) is 0.598. The second-order valence-corrected chi connectivity index (χ2v) is 5.67. The molecule has 0 aliphatic carbocycles. The van der Waals surface area contributed by atoms with E-state index >= 15 is 0 Å². The highest BCUT2D eigenvalue weighted by Gasteiger charge is 2.15. The molecule has 0 aliphatic rings. The van der Waals surface area contributed by atoms with Crippen LogP contribution in [-0.2, 0) is 0 Å². The third-order valence-corrected chi connectivity index (χ3v) is 3.93. The minimum atomic E-state index is -0.239. The van der Waals surface area contributed by atoms with Crippen molar-refractivity contribution >= 4 is 16.9 Å². The maximum atomic E-state index is 12.4. The highest BCUT2D eigenvalue weighted by molar-refractivity contribution is 5.94. The van der Waals surface area contributed by atoms with Crippen LogP contribution in [0.5, 0.6) is 0 Å². The van der Waals surface area contributed by atoms with E-state index in [1.165, 1.54) is 6.39 Å². The maximum absolute atomic E-state index is 12.4. The van der Waals surface area contributed by atoms with Crippen LogP contribution in [-0.4, -0.2) is 26.0 Å². The molecule has 25 heavy (non-hydrogen) atoms. The number of amides is 1. The Kier molecular flexibility index (Phi) is 3.74. The maximum Gasteiger partial charge on any atom is 0.251 e. The van der Waals surface area contributed by atoms with Crippen molar-refractivity contribution in [2.24, 2.45) is 0 Å². The lowest BCUT2D eigenvalue weighted by Crippen LogP contribution is -2.27. The summed E-state index contributed by atoms with van der Waals surface area (Å²) in [5, 5.41) is 6.72. The molecule has 4 aromatic rings. The molecular weight excluding hydrogens is 318 g/mol. The van der Waals surface area contributed by atoms with Crippen molar-refractivity contribution in [3.63, 3.8) is 0 Å². The number of fused-ring (bicyclic) bond motifs is 1. The first-order valence-electron chi connectivity index (χ1n) is 7.83. The molecule has 0 aliphatic heterocycles. The summed E-state index contributed by atoms with van der Waals surface area (Å²) in [6, 6.07) is 14.5. The summed E-state index contributed by atoms with van der Waals surface area (Å²) in [5.41, 5.74) is 3.16. The lowest BCUT2D eigenvalue weighted by molar-refractivity contribution is 0.0938. The normalized spacial score (nSPS) is 12.2. The van der Waals surface area contributed by atoms with Gasteiger partial charge >= 0.3 is 0 Å². The van der Waals surface area contributed by atoms with Gasteiger partial charge in [0.25, 0.3) is 5.91 Å². The van der Waals surface area contributed by atoms with Gasteiger partial charge in [-0.2, -0.15) is 4.98 Å². The van der Waals surface area contributed by atoms with Gasteiger partial charge in [-0.05, 0) is 31.2 Å². The number of carbonyl (C=O) groups is 1. The number of rotatable bonds is 4. The summed E-state index contributed by atoms with van der Waals surface area (Å²) in [6.07, 6.45) is 1.27. The van der Waals surface area contributed by atoms with Gasteiger partial charge in [0.15, 0.2) is 0 Å². The Balaban J connectivity index is 1.49. The molecule has 124 valence electrons. The molecule has 0 unspecified atom stereocenters. The Morgan fingerprint density at radius 2 is 1.96 bits per heavy atom. The van der Waals surface area contributed by atoms with Gasteiger partial charge < -0.3 is 14.8 Å². The Morgan fingerprint density at radius 3 is 2.68 bits per heavy atom. The predicted molar refractivity (Wildman–Crippen MR) is 91.7 cm³/mol. The van der Waals surface area contributed by atoms with Gasteiger partial charge in [0, 0.05) is 11.1 Å². The van der Waals surface area contributed by atoms with Gasteiger partial charge in [-0.1, -0.05) is 29.4 Å². The molecule has 7 heteroatoms. The number of aromatic nitrogens is 4. The number of nitrogens with zero attached hydrogens (tertiary/aromatic N) is 3. The number of hydrogen-bond donors (Lipinski definition) is 2. The fourth-order valence-corrected chi connectivity index (χ4v) is 2.59. The van der Waals surface area contributed by atoms with E-state index < -0.39 is 0 Å². The number of carbonyl (C=O) groups excluding carboxylic acids is 1. The number of imidazole rings is 1. The SMILES string of the molecule is C[C@H](NC(=O)c1ccc(-c2ncon2)cc1)c1nc2ccccc2[nH]1. The van der Waals surface area contributed by atoms with Crippen molar-refractivity contribution < 1.29 is 9.32 Å². The van der Waals surface area contributed by atoms with Crippen LogP contribution in [0.1, 0.15) is 29.1 Å². The second-order valence-electron chi connectivity index (χ2n) is 5.67. The average molecular weight is 333 g/mol.